The lowest BCUT2D eigenvalue weighted by Crippen LogP contribution is -2.41. The Labute approximate surface area is 165 Å². The average Bonchev–Trinajstić information content (AvgIpc) is 3.14. The minimum atomic E-state index is -0.452. The minimum Gasteiger partial charge on any atom is -0.399 e. The first-order valence-corrected chi connectivity index (χ1v) is 9.49. The Morgan fingerprint density at radius 3 is 2.46 bits per heavy atom. The summed E-state index contributed by atoms with van der Waals surface area (Å²) in [6.45, 7) is 8.64. The maximum absolute atomic E-state index is 13.8. The average molecular weight is 382 g/mol. The van der Waals surface area contributed by atoms with Gasteiger partial charge in [-0.25, -0.2) is 9.18 Å². The molecule has 5 nitrogen and oxygen atoms in total. The van der Waals surface area contributed by atoms with Crippen LogP contribution in [0.25, 0.3) is 0 Å². The van der Waals surface area contributed by atoms with Crippen molar-refractivity contribution in [2.24, 2.45) is 0 Å². The molecule has 0 spiro atoms. The zero-order valence-electron chi connectivity index (χ0n) is 16.6. The molecule has 0 aromatic heterocycles. The number of para-hydroxylation sites is 1. The molecular weight excluding hydrogens is 358 g/mol. The number of benzene rings is 2. The van der Waals surface area contributed by atoms with E-state index in [1.807, 2.05) is 45.9 Å². The van der Waals surface area contributed by atoms with Crippen LogP contribution in [0.2, 0.25) is 0 Å². The van der Waals surface area contributed by atoms with Gasteiger partial charge in [-0.05, 0) is 63.3 Å². The van der Waals surface area contributed by atoms with Gasteiger partial charge < -0.3 is 14.6 Å². The molecule has 2 aromatic rings. The predicted molar refractivity (Wildman–Crippen MR) is 109 cm³/mol. The Morgan fingerprint density at radius 2 is 1.79 bits per heavy atom. The molecule has 1 fully saturated rings. The Bertz CT molecular complexity index is 916. The SMILES string of the molecule is CC1(C)OB(c2ccc3c(c2)CCN3C(=O)Nc2ccccc2F)OC1(C)C. The van der Waals surface area contributed by atoms with E-state index in [0.717, 1.165) is 23.1 Å². The van der Waals surface area contributed by atoms with Crippen LogP contribution in [0.1, 0.15) is 33.3 Å². The number of hydrogen-bond acceptors (Lipinski definition) is 3. The molecule has 1 N–H and O–H groups in total. The fourth-order valence-electron chi connectivity index (χ4n) is 3.50. The molecule has 0 aliphatic carbocycles. The number of carbonyl (C=O) groups is 1. The highest BCUT2D eigenvalue weighted by molar-refractivity contribution is 6.62. The number of hydrogen-bond donors (Lipinski definition) is 1. The largest absolute Gasteiger partial charge is 0.494 e. The van der Waals surface area contributed by atoms with E-state index in [-0.39, 0.29) is 11.7 Å². The highest BCUT2D eigenvalue weighted by atomic mass is 19.1. The van der Waals surface area contributed by atoms with Gasteiger partial charge in [0.2, 0.25) is 0 Å². The van der Waals surface area contributed by atoms with Gasteiger partial charge in [-0.2, -0.15) is 0 Å². The van der Waals surface area contributed by atoms with Crippen molar-refractivity contribution in [1.82, 2.24) is 0 Å². The smallest absolute Gasteiger partial charge is 0.399 e. The second-order valence-corrected chi connectivity index (χ2v) is 8.29. The van der Waals surface area contributed by atoms with E-state index in [1.165, 1.54) is 6.07 Å². The Balaban J connectivity index is 1.53. The number of carbonyl (C=O) groups excluding carboxylic acids is 1. The van der Waals surface area contributed by atoms with Crippen molar-refractivity contribution in [2.45, 2.75) is 45.3 Å². The number of amides is 2. The number of urea groups is 1. The zero-order chi connectivity index (χ0) is 20.1. The molecule has 2 aromatic carbocycles. The second-order valence-electron chi connectivity index (χ2n) is 8.29. The third-order valence-electron chi connectivity index (χ3n) is 5.89. The normalized spacial score (nSPS) is 19.6. The first kappa shape index (κ1) is 19.0. The number of fused-ring (bicyclic) bond motifs is 1. The van der Waals surface area contributed by atoms with Crippen LogP contribution >= 0.6 is 0 Å². The van der Waals surface area contributed by atoms with Crippen LogP contribution < -0.4 is 15.7 Å². The molecule has 0 bridgehead atoms. The topological polar surface area (TPSA) is 50.8 Å². The first-order chi connectivity index (χ1) is 13.2. The lowest BCUT2D eigenvalue weighted by atomic mass is 9.78. The number of nitrogens with zero attached hydrogens (tertiary/aromatic N) is 1. The zero-order valence-corrected chi connectivity index (χ0v) is 16.6. The van der Waals surface area contributed by atoms with Gasteiger partial charge in [0.1, 0.15) is 5.82 Å². The highest BCUT2D eigenvalue weighted by Crippen LogP contribution is 2.37. The third kappa shape index (κ3) is 3.18. The molecule has 146 valence electrons. The van der Waals surface area contributed by atoms with Crippen LogP contribution in [0.4, 0.5) is 20.6 Å². The summed E-state index contributed by atoms with van der Waals surface area (Å²) in [6, 6.07) is 11.7. The predicted octanol–water partition coefficient (Wildman–Crippen LogP) is 3.72. The van der Waals surface area contributed by atoms with Crippen molar-refractivity contribution >= 4 is 30.0 Å². The van der Waals surface area contributed by atoms with Gasteiger partial charge in [0.05, 0.1) is 16.9 Å². The fourth-order valence-corrected chi connectivity index (χ4v) is 3.50. The molecule has 0 radical (unpaired) electrons. The summed E-state index contributed by atoms with van der Waals surface area (Å²) >= 11 is 0. The molecule has 2 aliphatic heterocycles. The van der Waals surface area contributed by atoms with Crippen LogP contribution in [0, 0.1) is 5.82 Å². The third-order valence-corrected chi connectivity index (χ3v) is 5.89. The molecular formula is C21H24BFN2O3. The molecule has 0 unspecified atom stereocenters. The standard InChI is InChI=1S/C21H24BFN2O3/c1-20(2)21(3,4)28-22(27-20)15-9-10-18-14(13-15)11-12-25(18)19(26)24-17-8-6-5-7-16(17)23/h5-10,13H,11-12H2,1-4H3,(H,24,26). The summed E-state index contributed by atoms with van der Waals surface area (Å²) in [4.78, 5) is 14.3. The molecule has 0 saturated carbocycles. The van der Waals surface area contributed by atoms with Crippen LogP contribution in [0.15, 0.2) is 42.5 Å². The molecule has 2 aliphatic rings. The van der Waals surface area contributed by atoms with Gasteiger partial charge >= 0.3 is 13.1 Å². The van der Waals surface area contributed by atoms with Crippen LogP contribution in [-0.2, 0) is 15.7 Å². The van der Waals surface area contributed by atoms with Crippen molar-refractivity contribution in [3.05, 3.63) is 53.8 Å². The van der Waals surface area contributed by atoms with E-state index in [4.69, 9.17) is 9.31 Å². The Hall–Kier alpha value is -2.38. The van der Waals surface area contributed by atoms with Crippen molar-refractivity contribution in [2.75, 3.05) is 16.8 Å². The number of rotatable bonds is 2. The van der Waals surface area contributed by atoms with Gasteiger partial charge in [0.15, 0.2) is 0 Å². The molecule has 0 atom stereocenters. The van der Waals surface area contributed by atoms with Crippen LogP contribution in [-0.4, -0.2) is 30.9 Å². The lowest BCUT2D eigenvalue weighted by molar-refractivity contribution is 0.00578. The summed E-state index contributed by atoms with van der Waals surface area (Å²) in [5.41, 5.74) is 2.19. The summed E-state index contributed by atoms with van der Waals surface area (Å²) in [6.07, 6.45) is 0.730. The summed E-state index contributed by atoms with van der Waals surface area (Å²) in [5.74, 6) is -0.452. The van der Waals surface area contributed by atoms with Crippen molar-refractivity contribution in [1.29, 1.82) is 0 Å². The monoisotopic (exact) mass is 382 g/mol. The van der Waals surface area contributed by atoms with Gasteiger partial charge in [-0.15, -0.1) is 0 Å². The molecule has 1 saturated heterocycles. The minimum absolute atomic E-state index is 0.176. The van der Waals surface area contributed by atoms with Crippen molar-refractivity contribution < 1.29 is 18.5 Å². The molecule has 7 heteroatoms. The maximum Gasteiger partial charge on any atom is 0.494 e. The van der Waals surface area contributed by atoms with Crippen molar-refractivity contribution in [3.63, 3.8) is 0 Å². The van der Waals surface area contributed by atoms with Gasteiger partial charge in [-0.1, -0.05) is 24.3 Å². The van der Waals surface area contributed by atoms with E-state index in [0.29, 0.717) is 6.54 Å². The summed E-state index contributed by atoms with van der Waals surface area (Å²) < 4.78 is 26.1. The number of anilines is 2. The number of nitrogens with one attached hydrogen (secondary N) is 1. The summed E-state index contributed by atoms with van der Waals surface area (Å²) in [5, 5.41) is 2.65. The van der Waals surface area contributed by atoms with E-state index >= 15 is 0 Å². The Morgan fingerprint density at radius 1 is 1.11 bits per heavy atom. The fraction of sp³-hybridized carbons (Fsp3) is 0.381. The van der Waals surface area contributed by atoms with Gasteiger partial charge in [-0.3, -0.25) is 4.90 Å². The quantitative estimate of drug-likeness (QED) is 0.806. The maximum atomic E-state index is 13.8. The van der Waals surface area contributed by atoms with E-state index in [9.17, 15) is 9.18 Å². The Kier molecular flexibility index (Phi) is 4.47. The molecule has 4 rings (SSSR count). The van der Waals surface area contributed by atoms with Crippen molar-refractivity contribution in [3.8, 4) is 0 Å². The summed E-state index contributed by atoms with van der Waals surface area (Å²) in [7, 11) is -0.434. The molecule has 28 heavy (non-hydrogen) atoms. The second kappa shape index (κ2) is 6.60. The van der Waals surface area contributed by atoms with Gasteiger partial charge in [0, 0.05) is 12.2 Å². The van der Waals surface area contributed by atoms with Gasteiger partial charge in [0.25, 0.3) is 0 Å². The first-order valence-electron chi connectivity index (χ1n) is 9.49. The highest BCUT2D eigenvalue weighted by Gasteiger charge is 2.51. The van der Waals surface area contributed by atoms with E-state index < -0.39 is 24.1 Å². The molecule has 2 amide bonds. The van der Waals surface area contributed by atoms with Crippen LogP contribution in [0.3, 0.4) is 0 Å². The number of halogens is 1. The van der Waals surface area contributed by atoms with E-state index in [1.54, 1.807) is 23.1 Å². The lowest BCUT2D eigenvalue weighted by Gasteiger charge is -2.32. The van der Waals surface area contributed by atoms with Crippen LogP contribution in [0.5, 0.6) is 0 Å². The van der Waals surface area contributed by atoms with E-state index in [2.05, 4.69) is 5.32 Å². The molecule has 2 heterocycles.